The Labute approximate surface area is 93.2 Å². The molecule has 0 radical (unpaired) electrons. The van der Waals surface area contributed by atoms with Crippen LogP contribution < -0.4 is 5.32 Å². The van der Waals surface area contributed by atoms with Gasteiger partial charge in [0.1, 0.15) is 0 Å². The lowest BCUT2D eigenvalue weighted by Crippen LogP contribution is -2.27. The monoisotopic (exact) mass is 203 g/mol. The molecule has 1 aromatic carbocycles. The van der Waals surface area contributed by atoms with Gasteiger partial charge in [-0.25, -0.2) is 0 Å². The van der Waals surface area contributed by atoms with Gasteiger partial charge >= 0.3 is 0 Å². The van der Waals surface area contributed by atoms with Crippen LogP contribution in [0.15, 0.2) is 36.4 Å². The van der Waals surface area contributed by atoms with E-state index in [0.717, 1.165) is 6.54 Å². The van der Waals surface area contributed by atoms with Crippen LogP contribution in [0.3, 0.4) is 0 Å². The molecule has 0 amide bonds. The Bertz CT molecular complexity index is 273. The normalized spacial score (nSPS) is 11.4. The summed E-state index contributed by atoms with van der Waals surface area (Å²) in [5, 5.41) is 3.50. The molecule has 0 aliphatic rings. The van der Waals surface area contributed by atoms with Crippen LogP contribution in [0.4, 0.5) is 0 Å². The molecule has 1 nitrogen and oxygen atoms in total. The highest BCUT2D eigenvalue weighted by atomic mass is 14.9. The zero-order chi connectivity index (χ0) is 10.9. The SMILES string of the molecule is CCC(CC)NC/C=C/c1ccccc1. The van der Waals surface area contributed by atoms with E-state index in [0.29, 0.717) is 6.04 Å². The summed E-state index contributed by atoms with van der Waals surface area (Å²) in [7, 11) is 0. The van der Waals surface area contributed by atoms with Gasteiger partial charge in [0, 0.05) is 12.6 Å². The van der Waals surface area contributed by atoms with E-state index in [1.165, 1.54) is 18.4 Å². The Balaban J connectivity index is 2.28. The van der Waals surface area contributed by atoms with Crippen molar-refractivity contribution in [2.75, 3.05) is 6.54 Å². The lowest BCUT2D eigenvalue weighted by Gasteiger charge is -2.12. The third-order valence-corrected chi connectivity index (χ3v) is 2.62. The summed E-state index contributed by atoms with van der Waals surface area (Å²) in [6.45, 7) is 5.41. The van der Waals surface area contributed by atoms with Gasteiger partial charge in [0.15, 0.2) is 0 Å². The number of nitrogens with one attached hydrogen (secondary N) is 1. The van der Waals surface area contributed by atoms with Gasteiger partial charge in [0.2, 0.25) is 0 Å². The minimum Gasteiger partial charge on any atom is -0.311 e. The molecule has 0 unspecified atom stereocenters. The molecule has 0 atom stereocenters. The fourth-order valence-electron chi connectivity index (χ4n) is 1.57. The summed E-state index contributed by atoms with van der Waals surface area (Å²) in [4.78, 5) is 0. The van der Waals surface area contributed by atoms with Crippen molar-refractivity contribution in [1.29, 1.82) is 0 Å². The van der Waals surface area contributed by atoms with Crippen molar-refractivity contribution in [3.05, 3.63) is 42.0 Å². The summed E-state index contributed by atoms with van der Waals surface area (Å²) < 4.78 is 0. The maximum absolute atomic E-state index is 3.50. The molecule has 0 heterocycles. The molecular weight excluding hydrogens is 182 g/mol. The summed E-state index contributed by atoms with van der Waals surface area (Å²) in [5.41, 5.74) is 1.27. The standard InChI is InChI=1S/C14H21N/c1-3-14(4-2)15-12-8-11-13-9-6-5-7-10-13/h5-11,14-15H,3-4,12H2,1-2H3/b11-8+. The van der Waals surface area contributed by atoms with Crippen molar-refractivity contribution in [3.8, 4) is 0 Å². The fraction of sp³-hybridized carbons (Fsp3) is 0.429. The highest BCUT2D eigenvalue weighted by Gasteiger charge is 1.98. The van der Waals surface area contributed by atoms with Gasteiger partial charge in [-0.2, -0.15) is 0 Å². The van der Waals surface area contributed by atoms with E-state index in [1.807, 2.05) is 6.07 Å². The molecule has 1 heteroatoms. The van der Waals surface area contributed by atoms with Crippen molar-refractivity contribution >= 4 is 6.08 Å². The van der Waals surface area contributed by atoms with E-state index in [4.69, 9.17) is 0 Å². The Morgan fingerprint density at radius 1 is 1.13 bits per heavy atom. The van der Waals surface area contributed by atoms with E-state index in [2.05, 4.69) is 55.6 Å². The van der Waals surface area contributed by atoms with Crippen molar-refractivity contribution in [3.63, 3.8) is 0 Å². The molecule has 0 saturated heterocycles. The van der Waals surface area contributed by atoms with E-state index in [9.17, 15) is 0 Å². The molecular formula is C14H21N. The van der Waals surface area contributed by atoms with Crippen molar-refractivity contribution in [2.24, 2.45) is 0 Å². The maximum atomic E-state index is 3.50. The molecule has 0 bridgehead atoms. The van der Waals surface area contributed by atoms with Gasteiger partial charge in [0.05, 0.1) is 0 Å². The first kappa shape index (κ1) is 12.0. The second kappa shape index (κ2) is 7.24. The number of rotatable bonds is 6. The molecule has 0 saturated carbocycles. The van der Waals surface area contributed by atoms with Crippen LogP contribution in [0.2, 0.25) is 0 Å². The second-order valence-electron chi connectivity index (χ2n) is 3.73. The summed E-state index contributed by atoms with van der Waals surface area (Å²) >= 11 is 0. The Morgan fingerprint density at radius 3 is 2.40 bits per heavy atom. The van der Waals surface area contributed by atoms with Crippen LogP contribution in [0.1, 0.15) is 32.3 Å². The van der Waals surface area contributed by atoms with E-state index in [-0.39, 0.29) is 0 Å². The van der Waals surface area contributed by atoms with E-state index < -0.39 is 0 Å². The molecule has 0 spiro atoms. The minimum absolute atomic E-state index is 0.658. The van der Waals surface area contributed by atoms with E-state index in [1.54, 1.807) is 0 Å². The molecule has 15 heavy (non-hydrogen) atoms. The van der Waals surface area contributed by atoms with Gasteiger partial charge in [0.25, 0.3) is 0 Å². The lowest BCUT2D eigenvalue weighted by molar-refractivity contribution is 0.511. The average molecular weight is 203 g/mol. The summed E-state index contributed by atoms with van der Waals surface area (Å²) in [6, 6.07) is 11.1. The maximum Gasteiger partial charge on any atom is 0.0140 e. The van der Waals surface area contributed by atoms with E-state index >= 15 is 0 Å². The first-order valence-corrected chi connectivity index (χ1v) is 5.81. The predicted molar refractivity (Wildman–Crippen MR) is 67.8 cm³/mol. The Morgan fingerprint density at radius 2 is 1.80 bits per heavy atom. The highest BCUT2D eigenvalue weighted by Crippen LogP contribution is 2.00. The molecule has 82 valence electrons. The van der Waals surface area contributed by atoms with Gasteiger partial charge in [-0.15, -0.1) is 0 Å². The van der Waals surface area contributed by atoms with Gasteiger partial charge in [-0.05, 0) is 18.4 Å². The third-order valence-electron chi connectivity index (χ3n) is 2.62. The topological polar surface area (TPSA) is 12.0 Å². The molecule has 0 aromatic heterocycles. The lowest BCUT2D eigenvalue weighted by atomic mass is 10.1. The van der Waals surface area contributed by atoms with Crippen LogP contribution in [-0.2, 0) is 0 Å². The number of hydrogen-bond acceptors (Lipinski definition) is 1. The molecule has 1 rings (SSSR count). The highest BCUT2D eigenvalue weighted by molar-refractivity contribution is 5.48. The third kappa shape index (κ3) is 4.80. The quantitative estimate of drug-likeness (QED) is 0.746. The van der Waals surface area contributed by atoms with Crippen LogP contribution >= 0.6 is 0 Å². The van der Waals surface area contributed by atoms with Crippen LogP contribution in [0, 0.1) is 0 Å². The summed E-state index contributed by atoms with van der Waals surface area (Å²) in [5.74, 6) is 0. The zero-order valence-electron chi connectivity index (χ0n) is 9.74. The van der Waals surface area contributed by atoms with Crippen LogP contribution in [0.25, 0.3) is 6.08 Å². The van der Waals surface area contributed by atoms with Crippen LogP contribution in [-0.4, -0.2) is 12.6 Å². The van der Waals surface area contributed by atoms with Gasteiger partial charge in [-0.1, -0.05) is 56.3 Å². The minimum atomic E-state index is 0.658. The van der Waals surface area contributed by atoms with Crippen LogP contribution in [0.5, 0.6) is 0 Å². The van der Waals surface area contributed by atoms with Gasteiger partial charge in [-0.3, -0.25) is 0 Å². The summed E-state index contributed by atoms with van der Waals surface area (Å²) in [6.07, 6.45) is 6.76. The van der Waals surface area contributed by atoms with Crippen molar-refractivity contribution in [1.82, 2.24) is 5.32 Å². The number of benzene rings is 1. The largest absolute Gasteiger partial charge is 0.311 e. The average Bonchev–Trinajstić information content (AvgIpc) is 2.31. The zero-order valence-corrected chi connectivity index (χ0v) is 9.74. The first-order chi connectivity index (χ1) is 7.36. The van der Waals surface area contributed by atoms with Crippen molar-refractivity contribution in [2.45, 2.75) is 32.7 Å². The predicted octanol–water partition coefficient (Wildman–Crippen LogP) is 3.48. The Kier molecular flexibility index (Phi) is 5.79. The molecule has 1 aromatic rings. The van der Waals surface area contributed by atoms with Crippen molar-refractivity contribution < 1.29 is 0 Å². The Hall–Kier alpha value is -1.08. The number of hydrogen-bond donors (Lipinski definition) is 1. The first-order valence-electron chi connectivity index (χ1n) is 5.81. The fourth-order valence-corrected chi connectivity index (χ4v) is 1.57. The molecule has 0 fully saturated rings. The molecule has 1 N–H and O–H groups in total. The second-order valence-corrected chi connectivity index (χ2v) is 3.73. The molecule has 0 aliphatic carbocycles. The van der Waals surface area contributed by atoms with Gasteiger partial charge < -0.3 is 5.32 Å². The molecule has 0 aliphatic heterocycles. The smallest absolute Gasteiger partial charge is 0.0140 e.